The Kier molecular flexibility index (Phi) is 6.42. The van der Waals surface area contributed by atoms with Gasteiger partial charge in [0.15, 0.2) is 0 Å². The number of benzene rings is 2. The molecule has 0 aliphatic carbocycles. The normalized spacial score (nSPS) is 11.8. The molecule has 3 heteroatoms. The second-order valence-electron chi connectivity index (χ2n) is 6.52. The molecule has 0 spiro atoms. The number of carbonyl (C=O) groups excluding carboxylic acids is 1. The molecule has 1 unspecified atom stereocenters. The number of nitrogens with one attached hydrogen (secondary N) is 1. The van der Waals surface area contributed by atoms with Crippen LogP contribution in [0.15, 0.2) is 42.5 Å². The molecule has 0 saturated heterocycles. The molecule has 2 rings (SSSR count). The lowest BCUT2D eigenvalue weighted by Crippen LogP contribution is -2.16. The average Bonchev–Trinajstić information content (AvgIpc) is 2.46. The van der Waals surface area contributed by atoms with Gasteiger partial charge < -0.3 is 10.1 Å². The van der Waals surface area contributed by atoms with Crippen LogP contribution in [0.2, 0.25) is 0 Å². The van der Waals surface area contributed by atoms with Crippen molar-refractivity contribution in [3.63, 3.8) is 0 Å². The maximum atomic E-state index is 12.3. The number of aryl methyl sites for hydroxylation is 2. The van der Waals surface area contributed by atoms with E-state index in [4.69, 9.17) is 4.74 Å². The standard InChI is InChI=1S/C21H27NO2/c1-5-24-20-8-6-7-19(14-20)22-21(23)13-17(4)12-18-10-15(2)9-16(3)11-18/h6-11,14,17H,5,12-13H2,1-4H3,(H,22,23). The van der Waals surface area contributed by atoms with Gasteiger partial charge in [-0.15, -0.1) is 0 Å². The van der Waals surface area contributed by atoms with Crippen molar-refractivity contribution >= 4 is 11.6 Å². The highest BCUT2D eigenvalue weighted by molar-refractivity contribution is 5.91. The van der Waals surface area contributed by atoms with Crippen molar-refractivity contribution in [2.45, 2.75) is 40.5 Å². The third-order valence-corrected chi connectivity index (χ3v) is 3.83. The van der Waals surface area contributed by atoms with Gasteiger partial charge in [-0.05, 0) is 50.8 Å². The first-order valence-corrected chi connectivity index (χ1v) is 8.56. The summed E-state index contributed by atoms with van der Waals surface area (Å²) >= 11 is 0. The molecular weight excluding hydrogens is 298 g/mol. The van der Waals surface area contributed by atoms with Gasteiger partial charge in [0.25, 0.3) is 0 Å². The molecule has 128 valence electrons. The molecule has 0 bridgehead atoms. The van der Waals surface area contributed by atoms with Crippen LogP contribution in [-0.2, 0) is 11.2 Å². The minimum absolute atomic E-state index is 0.0422. The molecule has 24 heavy (non-hydrogen) atoms. The van der Waals surface area contributed by atoms with Crippen molar-refractivity contribution in [1.82, 2.24) is 0 Å². The zero-order chi connectivity index (χ0) is 17.5. The molecule has 3 nitrogen and oxygen atoms in total. The molecule has 0 aliphatic heterocycles. The lowest BCUT2D eigenvalue weighted by molar-refractivity contribution is -0.116. The lowest BCUT2D eigenvalue weighted by Gasteiger charge is -2.13. The minimum Gasteiger partial charge on any atom is -0.494 e. The Bertz CT molecular complexity index is 674. The highest BCUT2D eigenvalue weighted by atomic mass is 16.5. The summed E-state index contributed by atoms with van der Waals surface area (Å²) < 4.78 is 5.46. The Balaban J connectivity index is 1.90. The molecular formula is C21H27NO2. The second-order valence-corrected chi connectivity index (χ2v) is 6.52. The number of anilines is 1. The topological polar surface area (TPSA) is 38.3 Å². The van der Waals surface area contributed by atoms with E-state index in [2.05, 4.69) is 44.3 Å². The van der Waals surface area contributed by atoms with Gasteiger partial charge in [0.05, 0.1) is 6.61 Å². The van der Waals surface area contributed by atoms with Crippen LogP contribution < -0.4 is 10.1 Å². The molecule has 0 aliphatic rings. The van der Waals surface area contributed by atoms with E-state index in [1.165, 1.54) is 16.7 Å². The molecule has 0 saturated carbocycles. The number of hydrogen-bond donors (Lipinski definition) is 1. The number of amides is 1. The minimum atomic E-state index is 0.0422. The Morgan fingerprint density at radius 1 is 1.12 bits per heavy atom. The molecule has 1 atom stereocenters. The van der Waals surface area contributed by atoms with Crippen molar-refractivity contribution in [2.24, 2.45) is 5.92 Å². The summed E-state index contributed by atoms with van der Waals surface area (Å²) in [6, 6.07) is 14.1. The van der Waals surface area contributed by atoms with Gasteiger partial charge >= 0.3 is 0 Å². The predicted molar refractivity (Wildman–Crippen MR) is 99.6 cm³/mol. The first-order chi connectivity index (χ1) is 11.5. The van der Waals surface area contributed by atoms with Crippen LogP contribution in [0.4, 0.5) is 5.69 Å². The number of rotatable bonds is 7. The smallest absolute Gasteiger partial charge is 0.224 e. The third-order valence-electron chi connectivity index (χ3n) is 3.83. The summed E-state index contributed by atoms with van der Waals surface area (Å²) in [5, 5.41) is 2.96. The van der Waals surface area contributed by atoms with Gasteiger partial charge in [-0.25, -0.2) is 0 Å². The van der Waals surface area contributed by atoms with E-state index in [0.29, 0.717) is 18.9 Å². The number of hydrogen-bond acceptors (Lipinski definition) is 2. The highest BCUT2D eigenvalue weighted by Gasteiger charge is 2.11. The van der Waals surface area contributed by atoms with E-state index in [1.54, 1.807) is 0 Å². The Morgan fingerprint density at radius 2 is 1.83 bits per heavy atom. The summed E-state index contributed by atoms with van der Waals surface area (Å²) in [4.78, 5) is 12.3. The molecule has 0 radical (unpaired) electrons. The quantitative estimate of drug-likeness (QED) is 0.785. The van der Waals surface area contributed by atoms with Gasteiger partial charge in [0, 0.05) is 18.2 Å². The van der Waals surface area contributed by atoms with Gasteiger partial charge in [0.1, 0.15) is 5.75 Å². The fourth-order valence-corrected chi connectivity index (χ4v) is 3.02. The van der Waals surface area contributed by atoms with Crippen LogP contribution in [0.3, 0.4) is 0 Å². The molecule has 1 amide bonds. The van der Waals surface area contributed by atoms with Crippen LogP contribution >= 0.6 is 0 Å². The average molecular weight is 325 g/mol. The van der Waals surface area contributed by atoms with E-state index in [-0.39, 0.29) is 5.91 Å². The van der Waals surface area contributed by atoms with Crippen molar-refractivity contribution in [2.75, 3.05) is 11.9 Å². The van der Waals surface area contributed by atoms with Crippen molar-refractivity contribution in [3.05, 3.63) is 59.2 Å². The Morgan fingerprint density at radius 3 is 2.50 bits per heavy atom. The maximum absolute atomic E-state index is 12.3. The monoisotopic (exact) mass is 325 g/mol. The van der Waals surface area contributed by atoms with Crippen molar-refractivity contribution in [3.8, 4) is 5.75 Å². The largest absolute Gasteiger partial charge is 0.494 e. The van der Waals surface area contributed by atoms with Gasteiger partial charge in [-0.1, -0.05) is 42.3 Å². The highest BCUT2D eigenvalue weighted by Crippen LogP contribution is 2.19. The fourth-order valence-electron chi connectivity index (χ4n) is 3.02. The van der Waals surface area contributed by atoms with Gasteiger partial charge in [-0.2, -0.15) is 0 Å². The van der Waals surface area contributed by atoms with Gasteiger partial charge in [0.2, 0.25) is 5.91 Å². The summed E-state index contributed by atoms with van der Waals surface area (Å²) in [5.74, 6) is 1.11. The first-order valence-electron chi connectivity index (χ1n) is 8.56. The van der Waals surface area contributed by atoms with Crippen LogP contribution in [0.5, 0.6) is 5.75 Å². The summed E-state index contributed by atoms with van der Waals surface area (Å²) in [6.45, 7) is 8.90. The molecule has 2 aromatic rings. The van der Waals surface area contributed by atoms with Gasteiger partial charge in [-0.3, -0.25) is 4.79 Å². The summed E-state index contributed by atoms with van der Waals surface area (Å²) in [7, 11) is 0. The molecule has 2 aromatic carbocycles. The van der Waals surface area contributed by atoms with E-state index < -0.39 is 0 Å². The zero-order valence-corrected chi connectivity index (χ0v) is 15.1. The van der Waals surface area contributed by atoms with E-state index >= 15 is 0 Å². The summed E-state index contributed by atoms with van der Waals surface area (Å²) in [5.41, 5.74) is 4.62. The number of ether oxygens (including phenoxy) is 1. The van der Waals surface area contributed by atoms with Crippen molar-refractivity contribution < 1.29 is 9.53 Å². The maximum Gasteiger partial charge on any atom is 0.224 e. The van der Waals surface area contributed by atoms with E-state index in [0.717, 1.165) is 17.9 Å². The predicted octanol–water partition coefficient (Wildman–Crippen LogP) is 4.91. The zero-order valence-electron chi connectivity index (χ0n) is 15.1. The Labute approximate surface area is 145 Å². The molecule has 1 N–H and O–H groups in total. The van der Waals surface area contributed by atoms with Crippen LogP contribution in [0.25, 0.3) is 0 Å². The summed E-state index contributed by atoms with van der Waals surface area (Å²) in [6.07, 6.45) is 1.42. The first kappa shape index (κ1) is 18.1. The number of carbonyl (C=O) groups is 1. The van der Waals surface area contributed by atoms with E-state index in [9.17, 15) is 4.79 Å². The Hall–Kier alpha value is -2.29. The fraction of sp³-hybridized carbons (Fsp3) is 0.381. The SMILES string of the molecule is CCOc1cccc(NC(=O)CC(C)Cc2cc(C)cc(C)c2)c1. The van der Waals surface area contributed by atoms with Crippen LogP contribution in [-0.4, -0.2) is 12.5 Å². The van der Waals surface area contributed by atoms with E-state index in [1.807, 2.05) is 31.2 Å². The van der Waals surface area contributed by atoms with Crippen LogP contribution in [0, 0.1) is 19.8 Å². The molecule has 0 aromatic heterocycles. The third kappa shape index (κ3) is 5.73. The molecule has 0 heterocycles. The van der Waals surface area contributed by atoms with Crippen molar-refractivity contribution in [1.29, 1.82) is 0 Å². The second kappa shape index (κ2) is 8.53. The van der Waals surface area contributed by atoms with Crippen LogP contribution in [0.1, 0.15) is 37.0 Å². The molecule has 0 fully saturated rings. The lowest BCUT2D eigenvalue weighted by atomic mass is 9.95.